The highest BCUT2D eigenvalue weighted by atomic mass is 32.1. The van der Waals surface area contributed by atoms with Crippen LogP contribution in [0, 0.1) is 20.8 Å². The zero-order valence-corrected chi connectivity index (χ0v) is 21.1. The van der Waals surface area contributed by atoms with E-state index in [1.807, 2.05) is 49.4 Å². The molecule has 7 nitrogen and oxygen atoms in total. The average Bonchev–Trinajstić information content (AvgIpc) is 3.44. The molecule has 0 saturated carbocycles. The van der Waals surface area contributed by atoms with Gasteiger partial charge in [0.15, 0.2) is 0 Å². The Kier molecular flexibility index (Phi) is 5.83. The molecule has 1 amide bonds. The molecule has 4 heterocycles. The molecule has 0 atom stereocenters. The van der Waals surface area contributed by atoms with Gasteiger partial charge in [0.25, 0.3) is 11.5 Å². The van der Waals surface area contributed by atoms with Gasteiger partial charge in [-0.3, -0.25) is 9.59 Å². The van der Waals surface area contributed by atoms with Crippen molar-refractivity contribution in [2.75, 3.05) is 16.8 Å². The summed E-state index contributed by atoms with van der Waals surface area (Å²) in [4.78, 5) is 34.9. The molecule has 9 heteroatoms. The first-order valence-electron chi connectivity index (χ1n) is 11.1. The minimum Gasteiger partial charge on any atom is -0.365 e. The Balaban J connectivity index is 1.44. The fraction of sp³-hybridized carbons (Fsp3) is 0.280. The van der Waals surface area contributed by atoms with Crippen LogP contribution in [0.3, 0.4) is 0 Å². The zero-order valence-electron chi connectivity index (χ0n) is 19.5. The molecule has 0 aliphatic carbocycles. The standard InChI is InChI=1S/C25H25N5O2S2/c1-14-15(2)28-29(4)25(32)21(14)24-26-16(3)22(34-24)23(31)27-18-7-5-6-8-19(18)30-11-9-20-17(13-30)10-12-33-20/h5-8,10,12H,9,11,13H2,1-4H3,(H,27,31). The van der Waals surface area contributed by atoms with Crippen LogP contribution in [0.2, 0.25) is 0 Å². The smallest absolute Gasteiger partial charge is 0.277 e. The molecular weight excluding hydrogens is 466 g/mol. The summed E-state index contributed by atoms with van der Waals surface area (Å²) in [6.45, 7) is 7.27. The van der Waals surface area contributed by atoms with Gasteiger partial charge < -0.3 is 10.2 Å². The Morgan fingerprint density at radius 2 is 1.91 bits per heavy atom. The highest BCUT2D eigenvalue weighted by Crippen LogP contribution is 2.34. The van der Waals surface area contributed by atoms with Crippen LogP contribution in [0.15, 0.2) is 40.5 Å². The highest BCUT2D eigenvalue weighted by Gasteiger charge is 2.23. The zero-order chi connectivity index (χ0) is 24.0. The van der Waals surface area contributed by atoms with Gasteiger partial charge in [0, 0.05) is 25.0 Å². The van der Waals surface area contributed by atoms with Crippen LogP contribution in [0.25, 0.3) is 10.6 Å². The van der Waals surface area contributed by atoms with Crippen molar-refractivity contribution in [1.82, 2.24) is 14.8 Å². The van der Waals surface area contributed by atoms with E-state index in [4.69, 9.17) is 0 Å². The van der Waals surface area contributed by atoms with Gasteiger partial charge in [0.2, 0.25) is 0 Å². The molecule has 1 N–H and O–H groups in total. The number of anilines is 2. The van der Waals surface area contributed by atoms with Crippen molar-refractivity contribution >= 4 is 40.0 Å². The number of hydrogen-bond acceptors (Lipinski definition) is 7. The van der Waals surface area contributed by atoms with Crippen LogP contribution in [0.4, 0.5) is 11.4 Å². The predicted octanol–water partition coefficient (Wildman–Crippen LogP) is 4.71. The lowest BCUT2D eigenvalue weighted by Gasteiger charge is -2.30. The fourth-order valence-corrected chi connectivity index (χ4v) is 6.25. The molecular formula is C25H25N5O2S2. The lowest BCUT2D eigenvalue weighted by molar-refractivity contribution is 0.103. The maximum absolute atomic E-state index is 13.3. The lowest BCUT2D eigenvalue weighted by Crippen LogP contribution is -2.30. The van der Waals surface area contributed by atoms with Crippen LogP contribution in [-0.2, 0) is 20.0 Å². The number of para-hydroxylation sites is 2. The second-order valence-corrected chi connectivity index (χ2v) is 10.5. The molecule has 34 heavy (non-hydrogen) atoms. The summed E-state index contributed by atoms with van der Waals surface area (Å²) in [7, 11) is 1.63. The molecule has 1 aliphatic rings. The highest BCUT2D eigenvalue weighted by molar-refractivity contribution is 7.17. The third-order valence-corrected chi connectivity index (χ3v) is 8.44. The maximum atomic E-state index is 13.3. The first-order chi connectivity index (χ1) is 16.3. The molecule has 0 radical (unpaired) electrons. The van der Waals surface area contributed by atoms with Gasteiger partial charge in [-0.1, -0.05) is 12.1 Å². The second kappa shape index (κ2) is 8.81. The number of carbonyl (C=O) groups excluding carboxylic acids is 1. The molecule has 0 unspecified atom stereocenters. The Hall–Kier alpha value is -3.30. The van der Waals surface area contributed by atoms with Gasteiger partial charge in [0.1, 0.15) is 9.88 Å². The van der Waals surface area contributed by atoms with Gasteiger partial charge in [0.05, 0.1) is 28.3 Å². The Morgan fingerprint density at radius 1 is 1.12 bits per heavy atom. The van der Waals surface area contributed by atoms with Crippen molar-refractivity contribution in [3.63, 3.8) is 0 Å². The van der Waals surface area contributed by atoms with Gasteiger partial charge in [-0.15, -0.1) is 22.7 Å². The summed E-state index contributed by atoms with van der Waals surface area (Å²) in [5.41, 5.74) is 5.57. The topological polar surface area (TPSA) is 80.1 Å². The summed E-state index contributed by atoms with van der Waals surface area (Å²) in [6.07, 6.45) is 1.01. The van der Waals surface area contributed by atoms with Gasteiger partial charge in [-0.05, 0) is 61.9 Å². The number of carbonyl (C=O) groups is 1. The number of thiophene rings is 1. The van der Waals surface area contributed by atoms with Gasteiger partial charge >= 0.3 is 0 Å². The summed E-state index contributed by atoms with van der Waals surface area (Å²) >= 11 is 3.05. The van der Waals surface area contributed by atoms with Crippen LogP contribution in [-0.4, -0.2) is 27.2 Å². The molecule has 174 valence electrons. The van der Waals surface area contributed by atoms with Crippen LogP contribution < -0.4 is 15.8 Å². The van der Waals surface area contributed by atoms with Crippen molar-refractivity contribution in [1.29, 1.82) is 0 Å². The van der Waals surface area contributed by atoms with E-state index in [0.717, 1.165) is 42.1 Å². The van der Waals surface area contributed by atoms with Crippen molar-refractivity contribution in [2.45, 2.75) is 33.7 Å². The molecule has 5 rings (SSSR count). The largest absolute Gasteiger partial charge is 0.365 e. The number of aromatic nitrogens is 3. The van der Waals surface area contributed by atoms with E-state index in [-0.39, 0.29) is 11.5 Å². The first-order valence-corrected chi connectivity index (χ1v) is 12.8. The number of amides is 1. The first kappa shape index (κ1) is 22.5. The average molecular weight is 492 g/mol. The molecule has 0 bridgehead atoms. The number of rotatable bonds is 4. The molecule has 0 spiro atoms. The minimum absolute atomic E-state index is 0.216. The lowest BCUT2D eigenvalue weighted by atomic mass is 10.1. The van der Waals surface area contributed by atoms with E-state index in [9.17, 15) is 9.59 Å². The van der Waals surface area contributed by atoms with Crippen LogP contribution in [0.1, 0.15) is 37.1 Å². The number of nitrogens with one attached hydrogen (secondary N) is 1. The van der Waals surface area contributed by atoms with E-state index in [1.54, 1.807) is 14.0 Å². The van der Waals surface area contributed by atoms with Gasteiger partial charge in [-0.2, -0.15) is 5.10 Å². The number of aryl methyl sites for hydroxylation is 3. The van der Waals surface area contributed by atoms with E-state index in [1.165, 1.54) is 26.5 Å². The van der Waals surface area contributed by atoms with E-state index in [0.29, 0.717) is 21.1 Å². The quantitative estimate of drug-likeness (QED) is 0.447. The number of thiazole rings is 1. The number of nitrogens with zero attached hydrogens (tertiary/aromatic N) is 4. The Labute approximate surface area is 205 Å². The molecule has 1 aliphatic heterocycles. The third kappa shape index (κ3) is 3.95. The summed E-state index contributed by atoms with van der Waals surface area (Å²) in [6, 6.07) is 10.1. The van der Waals surface area contributed by atoms with Gasteiger partial charge in [-0.25, -0.2) is 9.67 Å². The number of fused-ring (bicyclic) bond motifs is 1. The SMILES string of the molecule is Cc1nc(-c2c(C)c(C)nn(C)c2=O)sc1C(=O)Nc1ccccc1N1CCc2sccc2C1. The van der Waals surface area contributed by atoms with Crippen molar-refractivity contribution in [2.24, 2.45) is 7.05 Å². The Bertz CT molecular complexity index is 1470. The molecule has 0 saturated heterocycles. The Morgan fingerprint density at radius 3 is 2.74 bits per heavy atom. The molecule has 0 fully saturated rings. The van der Waals surface area contributed by atoms with E-state index < -0.39 is 0 Å². The van der Waals surface area contributed by atoms with E-state index in [2.05, 4.69) is 31.7 Å². The normalized spacial score (nSPS) is 13.1. The third-order valence-electron chi connectivity index (χ3n) is 6.24. The molecule has 4 aromatic rings. The minimum atomic E-state index is -0.220. The van der Waals surface area contributed by atoms with Crippen molar-refractivity contribution in [3.05, 3.63) is 78.3 Å². The number of benzene rings is 1. The molecule has 3 aromatic heterocycles. The van der Waals surface area contributed by atoms with E-state index >= 15 is 0 Å². The summed E-state index contributed by atoms with van der Waals surface area (Å²) in [5.74, 6) is -0.220. The summed E-state index contributed by atoms with van der Waals surface area (Å²) in [5, 5.41) is 10.0. The number of hydrogen-bond donors (Lipinski definition) is 1. The second-order valence-electron chi connectivity index (χ2n) is 8.46. The van der Waals surface area contributed by atoms with Crippen LogP contribution >= 0.6 is 22.7 Å². The van der Waals surface area contributed by atoms with Crippen LogP contribution in [0.5, 0.6) is 0 Å². The van der Waals surface area contributed by atoms with Crippen molar-refractivity contribution < 1.29 is 4.79 Å². The predicted molar refractivity (Wildman–Crippen MR) is 138 cm³/mol. The molecule has 1 aromatic carbocycles. The fourth-order valence-electron chi connectivity index (χ4n) is 4.30. The monoisotopic (exact) mass is 491 g/mol. The summed E-state index contributed by atoms with van der Waals surface area (Å²) < 4.78 is 1.32. The van der Waals surface area contributed by atoms with Crippen molar-refractivity contribution in [3.8, 4) is 10.6 Å². The maximum Gasteiger partial charge on any atom is 0.277 e.